The first kappa shape index (κ1) is 16.9. The lowest BCUT2D eigenvalue weighted by atomic mass is 10.3. The molecule has 0 aromatic carbocycles. The number of hydrogen-bond donors (Lipinski definition) is 1. The minimum Gasteiger partial charge on any atom is -0.481 e. The number of hydrogen-bond acceptors (Lipinski definition) is 5. The molecule has 0 spiro atoms. The molecular formula is C10H19NO6S. The van der Waals surface area contributed by atoms with Gasteiger partial charge in [-0.1, -0.05) is 6.92 Å². The highest BCUT2D eigenvalue weighted by Gasteiger charge is 2.24. The zero-order valence-corrected chi connectivity index (χ0v) is 11.4. The number of ether oxygens (including phenoxy) is 1. The topological polar surface area (TPSA) is 101 Å². The number of carboxylic acids is 1. The molecule has 1 N–H and O–H groups in total. The zero-order valence-electron chi connectivity index (χ0n) is 10.6. The number of aliphatic carboxylic acids is 1. The van der Waals surface area contributed by atoms with Crippen LogP contribution in [0, 0.1) is 0 Å². The maximum Gasteiger partial charge on any atom is 0.321 e. The van der Waals surface area contributed by atoms with Gasteiger partial charge < -0.3 is 9.84 Å². The summed E-state index contributed by atoms with van der Waals surface area (Å²) >= 11 is 0. The molecule has 0 aliphatic rings. The van der Waals surface area contributed by atoms with E-state index < -0.39 is 22.0 Å². The van der Waals surface area contributed by atoms with E-state index in [-0.39, 0.29) is 31.7 Å². The third-order valence-corrected chi connectivity index (χ3v) is 4.10. The van der Waals surface area contributed by atoms with Crippen molar-refractivity contribution in [1.82, 2.24) is 4.31 Å². The lowest BCUT2D eigenvalue weighted by molar-refractivity contribution is -0.141. The molecule has 8 heteroatoms. The number of methoxy groups -OCH3 is 1. The van der Waals surface area contributed by atoms with Gasteiger partial charge in [-0.25, -0.2) is 8.42 Å². The average Bonchev–Trinajstić information content (AvgIpc) is 2.27. The number of rotatable bonds is 9. The molecule has 0 aliphatic heterocycles. The number of nitrogens with zero attached hydrogens (tertiary/aromatic N) is 1. The molecular weight excluding hydrogens is 262 g/mol. The first-order chi connectivity index (χ1) is 8.33. The molecule has 0 radical (unpaired) electrons. The van der Waals surface area contributed by atoms with E-state index in [9.17, 15) is 18.0 Å². The molecule has 0 fully saturated rings. The zero-order chi connectivity index (χ0) is 14.2. The largest absolute Gasteiger partial charge is 0.481 e. The van der Waals surface area contributed by atoms with Crippen LogP contribution < -0.4 is 0 Å². The van der Waals surface area contributed by atoms with Crippen LogP contribution in [0.15, 0.2) is 0 Å². The molecule has 0 heterocycles. The summed E-state index contributed by atoms with van der Waals surface area (Å²) in [5.41, 5.74) is 0. The normalized spacial score (nSPS) is 11.5. The molecule has 0 aliphatic carbocycles. The Morgan fingerprint density at radius 1 is 1.33 bits per heavy atom. The molecule has 18 heavy (non-hydrogen) atoms. The summed E-state index contributed by atoms with van der Waals surface area (Å²) in [6, 6.07) is 0. The van der Waals surface area contributed by atoms with Crippen LogP contribution in [0.3, 0.4) is 0 Å². The van der Waals surface area contributed by atoms with Crippen molar-refractivity contribution in [3.8, 4) is 0 Å². The van der Waals surface area contributed by atoms with E-state index in [1.54, 1.807) is 6.92 Å². The number of carbonyl (C=O) groups excluding carboxylic acids is 1. The van der Waals surface area contributed by atoms with Gasteiger partial charge in [0.05, 0.1) is 12.9 Å². The van der Waals surface area contributed by atoms with Crippen molar-refractivity contribution in [1.29, 1.82) is 0 Å². The van der Waals surface area contributed by atoms with Crippen molar-refractivity contribution in [3.05, 3.63) is 0 Å². The third-order valence-electron chi connectivity index (χ3n) is 2.19. The van der Waals surface area contributed by atoms with Crippen LogP contribution in [0.25, 0.3) is 0 Å². The van der Waals surface area contributed by atoms with Gasteiger partial charge in [-0.3, -0.25) is 9.59 Å². The van der Waals surface area contributed by atoms with E-state index in [1.165, 1.54) is 7.11 Å². The summed E-state index contributed by atoms with van der Waals surface area (Å²) < 4.78 is 29.2. The molecule has 0 atom stereocenters. The maximum atomic E-state index is 11.9. The Morgan fingerprint density at radius 2 is 1.94 bits per heavy atom. The smallest absolute Gasteiger partial charge is 0.321 e. The number of carbonyl (C=O) groups is 2. The number of esters is 1. The molecule has 0 amide bonds. The maximum absolute atomic E-state index is 11.9. The predicted octanol–water partition coefficient (Wildman–Crippen LogP) is 0.0660. The molecule has 0 unspecified atom stereocenters. The van der Waals surface area contributed by atoms with Gasteiger partial charge in [0.25, 0.3) is 0 Å². The van der Waals surface area contributed by atoms with Crippen LogP contribution in [0.2, 0.25) is 0 Å². The Hall–Kier alpha value is -1.15. The van der Waals surface area contributed by atoms with Gasteiger partial charge >= 0.3 is 11.9 Å². The van der Waals surface area contributed by atoms with E-state index in [2.05, 4.69) is 4.74 Å². The van der Waals surface area contributed by atoms with Crippen LogP contribution in [-0.2, 0) is 24.3 Å². The fourth-order valence-corrected chi connectivity index (χ4v) is 2.84. The summed E-state index contributed by atoms with van der Waals surface area (Å²) in [6.45, 7) is 1.67. The van der Waals surface area contributed by atoms with Crippen molar-refractivity contribution in [3.63, 3.8) is 0 Å². The second-order valence-electron chi connectivity index (χ2n) is 3.72. The standard InChI is InChI=1S/C10H19NO6S/c1-3-6-11(8-10(14)17-2)18(15,16)7-4-5-9(12)13/h3-8H2,1-2H3,(H,12,13). The highest BCUT2D eigenvalue weighted by Crippen LogP contribution is 2.06. The molecule has 0 rings (SSSR count). The van der Waals surface area contributed by atoms with Crippen LogP contribution in [-0.4, -0.2) is 55.7 Å². The minimum atomic E-state index is -3.62. The Morgan fingerprint density at radius 3 is 2.39 bits per heavy atom. The fourth-order valence-electron chi connectivity index (χ4n) is 1.31. The van der Waals surface area contributed by atoms with Crippen molar-refractivity contribution in [2.45, 2.75) is 26.2 Å². The predicted molar refractivity (Wildman–Crippen MR) is 64.5 cm³/mol. The fraction of sp³-hybridized carbons (Fsp3) is 0.800. The highest BCUT2D eigenvalue weighted by molar-refractivity contribution is 7.89. The SMILES string of the molecule is CCCN(CC(=O)OC)S(=O)(=O)CCCC(=O)O. The van der Waals surface area contributed by atoms with Crippen LogP contribution in [0.5, 0.6) is 0 Å². The Labute approximate surface area is 107 Å². The van der Waals surface area contributed by atoms with Crippen molar-refractivity contribution >= 4 is 22.0 Å². The Balaban J connectivity index is 4.55. The summed E-state index contributed by atoms with van der Waals surface area (Å²) in [7, 11) is -2.43. The first-order valence-corrected chi connectivity index (χ1v) is 7.20. The van der Waals surface area contributed by atoms with E-state index in [1.807, 2.05) is 0 Å². The lowest BCUT2D eigenvalue weighted by Crippen LogP contribution is -2.38. The van der Waals surface area contributed by atoms with E-state index in [0.29, 0.717) is 6.42 Å². The quantitative estimate of drug-likeness (QED) is 0.600. The first-order valence-electron chi connectivity index (χ1n) is 5.60. The second-order valence-corrected chi connectivity index (χ2v) is 5.81. The highest BCUT2D eigenvalue weighted by atomic mass is 32.2. The molecule has 7 nitrogen and oxygen atoms in total. The van der Waals surface area contributed by atoms with E-state index >= 15 is 0 Å². The van der Waals surface area contributed by atoms with Gasteiger partial charge in [0, 0.05) is 13.0 Å². The summed E-state index contributed by atoms with van der Waals surface area (Å²) in [6.07, 6.45) is 0.381. The molecule has 106 valence electrons. The van der Waals surface area contributed by atoms with Gasteiger partial charge in [-0.2, -0.15) is 4.31 Å². The third kappa shape index (κ3) is 6.55. The Bertz CT molecular complexity index is 378. The second kappa shape index (κ2) is 8.04. The van der Waals surface area contributed by atoms with Gasteiger partial charge in [-0.15, -0.1) is 0 Å². The number of carboxylic acid groups (broad SMARTS) is 1. The van der Waals surface area contributed by atoms with Crippen LogP contribution in [0.4, 0.5) is 0 Å². The monoisotopic (exact) mass is 281 g/mol. The summed E-state index contributed by atoms with van der Waals surface area (Å²) in [5.74, 6) is -1.96. The molecule has 0 bridgehead atoms. The molecule has 0 saturated heterocycles. The van der Waals surface area contributed by atoms with E-state index in [4.69, 9.17) is 5.11 Å². The number of sulfonamides is 1. The minimum absolute atomic E-state index is 0.0268. The summed E-state index contributed by atoms with van der Waals surface area (Å²) in [4.78, 5) is 21.4. The van der Waals surface area contributed by atoms with Crippen molar-refractivity contribution < 1.29 is 27.9 Å². The Kier molecular flexibility index (Phi) is 7.53. The van der Waals surface area contributed by atoms with Gasteiger partial charge in [0.1, 0.15) is 6.54 Å². The van der Waals surface area contributed by atoms with E-state index in [0.717, 1.165) is 4.31 Å². The lowest BCUT2D eigenvalue weighted by Gasteiger charge is -2.20. The molecule has 0 aromatic heterocycles. The van der Waals surface area contributed by atoms with Gasteiger partial charge in [0.15, 0.2) is 0 Å². The van der Waals surface area contributed by atoms with Gasteiger partial charge in [-0.05, 0) is 12.8 Å². The summed E-state index contributed by atoms with van der Waals surface area (Å²) in [5, 5.41) is 8.45. The van der Waals surface area contributed by atoms with Gasteiger partial charge in [0.2, 0.25) is 10.0 Å². The van der Waals surface area contributed by atoms with Crippen molar-refractivity contribution in [2.75, 3.05) is 26.0 Å². The van der Waals surface area contributed by atoms with Crippen LogP contribution in [0.1, 0.15) is 26.2 Å². The molecule has 0 aromatic rings. The average molecular weight is 281 g/mol. The van der Waals surface area contributed by atoms with Crippen molar-refractivity contribution in [2.24, 2.45) is 0 Å². The van der Waals surface area contributed by atoms with Crippen LogP contribution >= 0.6 is 0 Å². The molecule has 0 saturated carbocycles.